The molecule has 2 aliphatic heterocycles. The van der Waals surface area contributed by atoms with Gasteiger partial charge in [-0.2, -0.15) is 0 Å². The van der Waals surface area contributed by atoms with Crippen molar-refractivity contribution in [3.63, 3.8) is 0 Å². The minimum atomic E-state index is 0.206. The molecule has 0 N–H and O–H groups in total. The normalized spacial score (nSPS) is 26.8. The summed E-state index contributed by atoms with van der Waals surface area (Å²) in [5, 5.41) is 0. The molecule has 1 aromatic heterocycles. The third-order valence-electron chi connectivity index (χ3n) is 5.38. The second-order valence-electron chi connectivity index (χ2n) is 6.91. The predicted molar refractivity (Wildman–Crippen MR) is 90.0 cm³/mol. The van der Waals surface area contributed by atoms with Crippen LogP contribution in [0.1, 0.15) is 26.6 Å². The van der Waals surface area contributed by atoms with Crippen LogP contribution >= 0.6 is 0 Å². The molecular weight excluding hydrogens is 290 g/mol. The number of carbonyl (C=O) groups excluding carboxylic acids is 1. The molecule has 6 nitrogen and oxygen atoms in total. The summed E-state index contributed by atoms with van der Waals surface area (Å²) in [7, 11) is 0. The van der Waals surface area contributed by atoms with Crippen LogP contribution < -0.4 is 0 Å². The highest BCUT2D eigenvalue weighted by molar-refractivity contribution is 5.73. The molecule has 0 aliphatic carbocycles. The molecule has 0 saturated carbocycles. The molecule has 128 valence electrons. The lowest BCUT2D eigenvalue weighted by molar-refractivity contribution is -0.130. The van der Waals surface area contributed by atoms with Gasteiger partial charge < -0.3 is 9.47 Å². The van der Waals surface area contributed by atoms with Crippen LogP contribution in [0.15, 0.2) is 12.4 Å². The third kappa shape index (κ3) is 3.58. The van der Waals surface area contributed by atoms with Gasteiger partial charge in [0.05, 0.1) is 6.54 Å². The van der Waals surface area contributed by atoms with Crippen LogP contribution in [0.4, 0.5) is 0 Å². The number of piperazine rings is 1. The Bertz CT molecular complexity index is 535. The fourth-order valence-electron chi connectivity index (χ4n) is 4.00. The Morgan fingerprint density at radius 2 is 2.00 bits per heavy atom. The molecule has 6 heteroatoms. The Morgan fingerprint density at radius 3 is 2.65 bits per heavy atom. The summed E-state index contributed by atoms with van der Waals surface area (Å²) in [6, 6.07) is 0.606. The van der Waals surface area contributed by atoms with Gasteiger partial charge in [0, 0.05) is 71.2 Å². The number of rotatable bonds is 4. The first-order chi connectivity index (χ1) is 11.1. The van der Waals surface area contributed by atoms with Crippen LogP contribution in [0.2, 0.25) is 0 Å². The second kappa shape index (κ2) is 7.01. The van der Waals surface area contributed by atoms with E-state index in [0.717, 1.165) is 52.4 Å². The van der Waals surface area contributed by atoms with Gasteiger partial charge in [-0.25, -0.2) is 4.98 Å². The molecule has 2 atom stereocenters. The molecule has 0 bridgehead atoms. The molecule has 0 spiro atoms. The maximum absolute atomic E-state index is 11.5. The van der Waals surface area contributed by atoms with Gasteiger partial charge in [0.1, 0.15) is 5.82 Å². The summed E-state index contributed by atoms with van der Waals surface area (Å²) < 4.78 is 2.23. The summed E-state index contributed by atoms with van der Waals surface area (Å²) in [6.07, 6.45) is 3.96. The van der Waals surface area contributed by atoms with E-state index < -0.39 is 0 Å². The molecule has 1 amide bonds. The molecule has 0 unspecified atom stereocenters. The van der Waals surface area contributed by atoms with Crippen molar-refractivity contribution in [3.8, 4) is 0 Å². The van der Waals surface area contributed by atoms with E-state index in [-0.39, 0.29) is 5.91 Å². The number of imidazole rings is 1. The molecule has 2 fully saturated rings. The van der Waals surface area contributed by atoms with Crippen molar-refractivity contribution in [1.29, 1.82) is 0 Å². The standard InChI is InChI=1S/C17H29N5O/c1-4-20-6-5-18-17(20)13-19-11-14(2)16(12-19)22-9-7-21(8-10-22)15(3)23/h5-6,14,16H,4,7-13H2,1-3H3/t14-,16-/m0/s1. The summed E-state index contributed by atoms with van der Waals surface area (Å²) in [5.74, 6) is 2.04. The van der Waals surface area contributed by atoms with E-state index in [9.17, 15) is 4.79 Å². The quantitative estimate of drug-likeness (QED) is 0.827. The van der Waals surface area contributed by atoms with Crippen LogP contribution in [0.25, 0.3) is 0 Å². The highest BCUT2D eigenvalue weighted by Gasteiger charge is 2.35. The Kier molecular flexibility index (Phi) is 5.02. The first-order valence-corrected chi connectivity index (χ1v) is 8.80. The number of amides is 1. The van der Waals surface area contributed by atoms with Gasteiger partial charge in [0.2, 0.25) is 5.91 Å². The van der Waals surface area contributed by atoms with Gasteiger partial charge in [-0.3, -0.25) is 14.6 Å². The smallest absolute Gasteiger partial charge is 0.219 e. The molecule has 0 aromatic carbocycles. The molecule has 3 rings (SSSR count). The van der Waals surface area contributed by atoms with Crippen LogP contribution in [-0.4, -0.2) is 75.5 Å². The number of aryl methyl sites for hydroxylation is 1. The van der Waals surface area contributed by atoms with Gasteiger partial charge in [0.15, 0.2) is 0 Å². The first-order valence-electron chi connectivity index (χ1n) is 8.80. The topological polar surface area (TPSA) is 44.6 Å². The van der Waals surface area contributed by atoms with Crippen molar-refractivity contribution < 1.29 is 4.79 Å². The van der Waals surface area contributed by atoms with E-state index in [1.807, 2.05) is 11.1 Å². The summed E-state index contributed by atoms with van der Waals surface area (Å²) in [5.41, 5.74) is 0. The average Bonchev–Trinajstić information content (AvgIpc) is 3.14. The summed E-state index contributed by atoms with van der Waals surface area (Å²) >= 11 is 0. The first kappa shape index (κ1) is 16.5. The van der Waals surface area contributed by atoms with E-state index in [4.69, 9.17) is 0 Å². The lowest BCUT2D eigenvalue weighted by Crippen LogP contribution is -2.53. The molecule has 2 saturated heterocycles. The second-order valence-corrected chi connectivity index (χ2v) is 6.91. The molecule has 1 aromatic rings. The van der Waals surface area contributed by atoms with E-state index in [1.54, 1.807) is 6.92 Å². The van der Waals surface area contributed by atoms with Crippen LogP contribution in [0.3, 0.4) is 0 Å². The van der Waals surface area contributed by atoms with E-state index in [1.165, 1.54) is 5.82 Å². The van der Waals surface area contributed by atoms with Gasteiger partial charge in [-0.15, -0.1) is 0 Å². The fraction of sp³-hybridized carbons (Fsp3) is 0.765. The van der Waals surface area contributed by atoms with Crippen molar-refractivity contribution in [2.24, 2.45) is 5.92 Å². The predicted octanol–water partition coefficient (Wildman–Crippen LogP) is 0.887. The highest BCUT2D eigenvalue weighted by atomic mass is 16.2. The number of carbonyl (C=O) groups is 1. The van der Waals surface area contributed by atoms with Gasteiger partial charge in [0.25, 0.3) is 0 Å². The van der Waals surface area contributed by atoms with Crippen molar-refractivity contribution in [3.05, 3.63) is 18.2 Å². The summed E-state index contributed by atoms with van der Waals surface area (Å²) in [6.45, 7) is 14.1. The van der Waals surface area contributed by atoms with Crippen LogP contribution in [0, 0.1) is 5.92 Å². The lowest BCUT2D eigenvalue weighted by Gasteiger charge is -2.39. The minimum absolute atomic E-state index is 0.206. The molecule has 2 aliphatic rings. The molecule has 0 radical (unpaired) electrons. The van der Waals surface area contributed by atoms with Crippen molar-refractivity contribution in [2.75, 3.05) is 39.3 Å². The van der Waals surface area contributed by atoms with Gasteiger partial charge in [-0.05, 0) is 12.8 Å². The van der Waals surface area contributed by atoms with Crippen LogP contribution in [0.5, 0.6) is 0 Å². The zero-order chi connectivity index (χ0) is 16.4. The Morgan fingerprint density at radius 1 is 1.26 bits per heavy atom. The lowest BCUT2D eigenvalue weighted by atomic mass is 10.0. The summed E-state index contributed by atoms with van der Waals surface area (Å²) in [4.78, 5) is 23.1. The third-order valence-corrected chi connectivity index (χ3v) is 5.38. The monoisotopic (exact) mass is 319 g/mol. The zero-order valence-electron chi connectivity index (χ0n) is 14.6. The molecule has 3 heterocycles. The van der Waals surface area contributed by atoms with Crippen molar-refractivity contribution in [2.45, 2.75) is 39.9 Å². The van der Waals surface area contributed by atoms with Crippen molar-refractivity contribution in [1.82, 2.24) is 24.3 Å². The number of hydrogen-bond donors (Lipinski definition) is 0. The van der Waals surface area contributed by atoms with Gasteiger partial charge >= 0.3 is 0 Å². The number of hydrogen-bond acceptors (Lipinski definition) is 4. The SMILES string of the molecule is CCn1ccnc1CN1C[C@H](C)[C@@H](N2CCN(C(C)=O)CC2)C1. The van der Waals surface area contributed by atoms with Gasteiger partial charge in [-0.1, -0.05) is 6.92 Å². The Balaban J connectivity index is 1.56. The fourth-order valence-corrected chi connectivity index (χ4v) is 4.00. The van der Waals surface area contributed by atoms with Crippen LogP contribution in [-0.2, 0) is 17.9 Å². The maximum atomic E-state index is 11.5. The zero-order valence-corrected chi connectivity index (χ0v) is 14.6. The maximum Gasteiger partial charge on any atom is 0.219 e. The van der Waals surface area contributed by atoms with E-state index >= 15 is 0 Å². The average molecular weight is 319 g/mol. The number of likely N-dealkylation sites (tertiary alicyclic amines) is 1. The molecular formula is C17H29N5O. The molecule has 23 heavy (non-hydrogen) atoms. The largest absolute Gasteiger partial charge is 0.340 e. The number of nitrogens with zero attached hydrogens (tertiary/aromatic N) is 5. The van der Waals surface area contributed by atoms with Crippen molar-refractivity contribution >= 4 is 5.91 Å². The minimum Gasteiger partial charge on any atom is -0.340 e. The highest BCUT2D eigenvalue weighted by Crippen LogP contribution is 2.24. The number of aromatic nitrogens is 2. The Hall–Kier alpha value is -1.40. The van der Waals surface area contributed by atoms with E-state index in [0.29, 0.717) is 12.0 Å². The Labute approximate surface area is 139 Å². The van der Waals surface area contributed by atoms with E-state index in [2.05, 4.69) is 39.4 Å².